The molecule has 0 radical (unpaired) electrons. The van der Waals surface area contributed by atoms with Crippen molar-refractivity contribution in [3.05, 3.63) is 40.7 Å². The number of sulfonamides is 1. The van der Waals surface area contributed by atoms with Gasteiger partial charge >= 0.3 is 5.97 Å². The zero-order valence-corrected chi connectivity index (χ0v) is 16.5. The molecule has 0 unspecified atom stereocenters. The molecule has 1 aromatic carbocycles. The number of aliphatic carboxylic acids is 1. The summed E-state index contributed by atoms with van der Waals surface area (Å²) in [6, 6.07) is 3.07. The number of carboxylic acid groups (broad SMARTS) is 1. The van der Waals surface area contributed by atoms with Crippen LogP contribution < -0.4 is 4.72 Å². The van der Waals surface area contributed by atoms with E-state index in [2.05, 4.69) is 4.72 Å². The Balaban J connectivity index is 1.91. The predicted octanol–water partition coefficient (Wildman–Crippen LogP) is 0.859. The van der Waals surface area contributed by atoms with Crippen LogP contribution in [-0.4, -0.2) is 66.2 Å². The van der Waals surface area contributed by atoms with Crippen molar-refractivity contribution in [1.29, 1.82) is 0 Å². The third-order valence-electron chi connectivity index (χ3n) is 4.76. The highest BCUT2D eigenvalue weighted by molar-refractivity contribution is 7.93. The maximum absolute atomic E-state index is 13.2. The van der Waals surface area contributed by atoms with Gasteiger partial charge in [0.1, 0.15) is 23.3 Å². The van der Waals surface area contributed by atoms with Gasteiger partial charge in [0.05, 0.1) is 29.5 Å². The summed E-state index contributed by atoms with van der Waals surface area (Å²) in [5.41, 5.74) is -0.579. The lowest BCUT2D eigenvalue weighted by Gasteiger charge is -2.33. The van der Waals surface area contributed by atoms with Crippen LogP contribution in [0.1, 0.15) is 12.8 Å². The number of hydrogen-bond acceptors (Lipinski definition) is 7. The molecular formula is C17H19ClFNO8S. The number of ether oxygens (including phenoxy) is 2. The summed E-state index contributed by atoms with van der Waals surface area (Å²) < 4.78 is 52.2. The van der Waals surface area contributed by atoms with Crippen molar-refractivity contribution in [2.75, 3.05) is 17.9 Å². The number of benzene rings is 1. The van der Waals surface area contributed by atoms with Crippen LogP contribution in [0.4, 0.5) is 10.1 Å². The van der Waals surface area contributed by atoms with Gasteiger partial charge in [0.15, 0.2) is 5.79 Å². The van der Waals surface area contributed by atoms with Crippen LogP contribution in [0, 0.1) is 5.82 Å². The summed E-state index contributed by atoms with van der Waals surface area (Å²) in [6.07, 6.45) is -0.915. The van der Waals surface area contributed by atoms with Gasteiger partial charge in [-0.25, -0.2) is 17.6 Å². The number of halogens is 2. The number of aliphatic hydroxyl groups is 2. The number of hydrogen-bond donors (Lipinski definition) is 4. The Morgan fingerprint density at radius 3 is 2.41 bits per heavy atom. The van der Waals surface area contributed by atoms with Crippen LogP contribution in [-0.2, 0) is 24.3 Å². The summed E-state index contributed by atoms with van der Waals surface area (Å²) >= 11 is 5.85. The van der Waals surface area contributed by atoms with Gasteiger partial charge in [-0.1, -0.05) is 11.6 Å². The van der Waals surface area contributed by atoms with Gasteiger partial charge in [-0.05, 0) is 30.7 Å². The molecule has 1 aromatic rings. The maximum atomic E-state index is 13.2. The highest BCUT2D eigenvalue weighted by Gasteiger charge is 2.51. The Bertz CT molecular complexity index is 925. The van der Waals surface area contributed by atoms with Crippen molar-refractivity contribution in [3.8, 4) is 0 Å². The van der Waals surface area contributed by atoms with Gasteiger partial charge in [-0.15, -0.1) is 0 Å². The molecule has 1 fully saturated rings. The van der Waals surface area contributed by atoms with Crippen molar-refractivity contribution in [2.24, 2.45) is 0 Å². The number of aliphatic hydroxyl groups excluding tert-OH is 2. The van der Waals surface area contributed by atoms with Crippen LogP contribution in [0.15, 0.2) is 29.8 Å². The quantitative estimate of drug-likeness (QED) is 0.498. The largest absolute Gasteiger partial charge is 0.478 e. The minimum absolute atomic E-state index is 0.0283. The van der Waals surface area contributed by atoms with E-state index in [1.807, 2.05) is 0 Å². The van der Waals surface area contributed by atoms with Gasteiger partial charge in [0.2, 0.25) is 10.0 Å². The predicted molar refractivity (Wildman–Crippen MR) is 99.3 cm³/mol. The Hall–Kier alpha value is -1.76. The molecule has 2 aliphatic rings. The van der Waals surface area contributed by atoms with E-state index in [0.29, 0.717) is 0 Å². The van der Waals surface area contributed by atoms with E-state index in [-0.39, 0.29) is 23.6 Å². The van der Waals surface area contributed by atoms with Crippen LogP contribution in [0.2, 0.25) is 5.02 Å². The van der Waals surface area contributed by atoms with Gasteiger partial charge in [-0.3, -0.25) is 4.72 Å². The minimum Gasteiger partial charge on any atom is -0.478 e. The topological polar surface area (TPSA) is 142 Å². The highest BCUT2D eigenvalue weighted by atomic mass is 35.5. The van der Waals surface area contributed by atoms with E-state index in [9.17, 15) is 32.9 Å². The molecule has 4 N–H and O–H groups in total. The zero-order chi connectivity index (χ0) is 21.4. The average Bonchev–Trinajstić information content (AvgIpc) is 3.01. The number of anilines is 1. The maximum Gasteiger partial charge on any atom is 0.332 e. The normalized spacial score (nSPS) is 26.3. The van der Waals surface area contributed by atoms with E-state index in [4.69, 9.17) is 21.1 Å². The molecule has 9 nitrogen and oxygen atoms in total. The average molecular weight is 452 g/mol. The van der Waals surface area contributed by atoms with Gasteiger partial charge in [0.25, 0.3) is 0 Å². The lowest BCUT2D eigenvalue weighted by Crippen LogP contribution is -2.42. The molecule has 12 heteroatoms. The molecule has 3 atom stereocenters. The fourth-order valence-electron chi connectivity index (χ4n) is 3.40. The van der Waals surface area contributed by atoms with Gasteiger partial charge in [-0.2, -0.15) is 0 Å². The van der Waals surface area contributed by atoms with Crippen molar-refractivity contribution in [3.63, 3.8) is 0 Å². The standard InChI is InChI=1S/C17H19ClFNO8S/c18-11-5-9(19)1-2-12(11)20-29(25,26)15-3-4-17(6-10(15)16(23)24)27-13(7-21)14(8-22)28-17/h1-2,5-6,13-15,20-22H,3-4,7-8H2,(H,23,24)/t13-,14-,15-/m1/s1. The molecule has 0 aromatic heterocycles. The van der Waals surface area contributed by atoms with Crippen molar-refractivity contribution in [1.82, 2.24) is 0 Å². The molecule has 1 saturated heterocycles. The smallest absolute Gasteiger partial charge is 0.332 e. The van der Waals surface area contributed by atoms with E-state index in [1.165, 1.54) is 0 Å². The molecule has 0 amide bonds. The zero-order valence-electron chi connectivity index (χ0n) is 14.9. The second kappa shape index (κ2) is 8.17. The van der Waals surface area contributed by atoms with Crippen LogP contribution in [0.3, 0.4) is 0 Å². The van der Waals surface area contributed by atoms with Crippen molar-refractivity contribution in [2.45, 2.75) is 36.1 Å². The SMILES string of the molecule is O=C(O)C1=CC2(CC[C@H]1S(=O)(=O)Nc1ccc(F)cc1Cl)O[C@H](CO)[C@@H](CO)O2. The Morgan fingerprint density at radius 2 is 1.90 bits per heavy atom. The Morgan fingerprint density at radius 1 is 1.28 bits per heavy atom. The Kier molecular flexibility index (Phi) is 6.18. The molecule has 1 heterocycles. The lowest BCUT2D eigenvalue weighted by molar-refractivity contribution is -0.153. The molecule has 1 aliphatic heterocycles. The fourth-order valence-corrected chi connectivity index (χ4v) is 5.22. The number of carbonyl (C=O) groups is 1. The van der Waals surface area contributed by atoms with E-state index in [0.717, 1.165) is 24.3 Å². The molecule has 29 heavy (non-hydrogen) atoms. The van der Waals surface area contributed by atoms with E-state index in [1.54, 1.807) is 0 Å². The second-order valence-corrected chi connectivity index (χ2v) is 8.96. The molecule has 1 spiro atoms. The summed E-state index contributed by atoms with van der Waals surface area (Å²) in [6.45, 7) is -0.925. The van der Waals surface area contributed by atoms with Gasteiger partial charge < -0.3 is 24.8 Å². The molecule has 160 valence electrons. The van der Waals surface area contributed by atoms with Crippen molar-refractivity contribution >= 4 is 33.3 Å². The highest BCUT2D eigenvalue weighted by Crippen LogP contribution is 2.41. The first-order valence-corrected chi connectivity index (χ1v) is 10.5. The summed E-state index contributed by atoms with van der Waals surface area (Å²) in [5, 5.41) is 26.6. The third-order valence-corrected chi connectivity index (χ3v) is 6.81. The summed E-state index contributed by atoms with van der Waals surface area (Å²) in [5.74, 6) is -3.71. The van der Waals surface area contributed by atoms with Crippen molar-refractivity contribution < 1.29 is 42.4 Å². The number of carboxylic acids is 1. The van der Waals surface area contributed by atoms with Crippen LogP contribution in [0.5, 0.6) is 0 Å². The van der Waals surface area contributed by atoms with E-state index >= 15 is 0 Å². The first-order chi connectivity index (χ1) is 13.6. The fraction of sp³-hybridized carbons (Fsp3) is 0.471. The first-order valence-electron chi connectivity index (χ1n) is 8.61. The lowest BCUT2D eigenvalue weighted by atomic mass is 9.94. The van der Waals surface area contributed by atoms with Gasteiger partial charge in [0, 0.05) is 6.42 Å². The van der Waals surface area contributed by atoms with E-state index < -0.39 is 63.8 Å². The second-order valence-electron chi connectivity index (χ2n) is 6.69. The molecule has 0 bridgehead atoms. The third kappa shape index (κ3) is 4.39. The van der Waals surface area contributed by atoms with Crippen LogP contribution >= 0.6 is 11.6 Å². The molecular weight excluding hydrogens is 433 g/mol. The summed E-state index contributed by atoms with van der Waals surface area (Å²) in [7, 11) is -4.27. The van der Waals surface area contributed by atoms with Crippen LogP contribution in [0.25, 0.3) is 0 Å². The molecule has 1 aliphatic carbocycles. The summed E-state index contributed by atoms with van der Waals surface area (Å²) in [4.78, 5) is 11.8. The first kappa shape index (κ1) is 21.9. The molecule has 3 rings (SSSR count). The minimum atomic E-state index is -4.27. The monoisotopic (exact) mass is 451 g/mol. The number of rotatable bonds is 6. The Labute approximate surface area is 170 Å². The number of nitrogens with one attached hydrogen (secondary N) is 1. The molecule has 0 saturated carbocycles.